The molecule has 2 amide bonds. The molecule has 5 nitrogen and oxygen atoms in total. The first-order valence-corrected chi connectivity index (χ1v) is 2.67. The van der Waals surface area contributed by atoms with Gasteiger partial charge in [0.15, 0.2) is 0 Å². The lowest BCUT2D eigenvalue weighted by Gasteiger charge is -1.85. The molecular weight excluding hydrogens is 134 g/mol. The fourth-order valence-electron chi connectivity index (χ4n) is 0.846. The van der Waals surface area contributed by atoms with Gasteiger partial charge in [0.2, 0.25) is 0 Å². The molecule has 0 spiro atoms. The third-order valence-corrected chi connectivity index (χ3v) is 1.31. The maximum Gasteiger partial charge on any atom is 0.334 e. The van der Waals surface area contributed by atoms with Crippen molar-refractivity contribution in [2.75, 3.05) is 0 Å². The van der Waals surface area contributed by atoms with Gasteiger partial charge in [-0.1, -0.05) is 0 Å². The van der Waals surface area contributed by atoms with Crippen molar-refractivity contribution in [2.24, 2.45) is 0 Å². The van der Waals surface area contributed by atoms with Crippen LogP contribution in [0.15, 0.2) is 12.5 Å². The second-order valence-electron chi connectivity index (χ2n) is 1.91. The zero-order chi connectivity index (χ0) is 7.14. The molecule has 0 bridgehead atoms. The van der Waals surface area contributed by atoms with E-state index in [1.807, 2.05) is 0 Å². The summed E-state index contributed by atoms with van der Waals surface area (Å²) in [5.74, 6) is -0.387. The number of carbonyl (C=O) groups is 2. The van der Waals surface area contributed by atoms with E-state index >= 15 is 0 Å². The van der Waals surface area contributed by atoms with Gasteiger partial charge in [0.05, 0.1) is 6.20 Å². The van der Waals surface area contributed by atoms with Gasteiger partial charge in [-0.25, -0.2) is 14.3 Å². The maximum atomic E-state index is 10.7. The molecule has 1 aliphatic heterocycles. The molecule has 0 fully saturated rings. The van der Waals surface area contributed by atoms with Crippen LogP contribution in [0.1, 0.15) is 10.5 Å². The molecule has 50 valence electrons. The third-order valence-electron chi connectivity index (χ3n) is 1.31. The third kappa shape index (κ3) is 0.439. The van der Waals surface area contributed by atoms with Crippen LogP contribution in [0.5, 0.6) is 0 Å². The zero-order valence-electron chi connectivity index (χ0n) is 4.87. The molecule has 1 aliphatic rings. The molecule has 10 heavy (non-hydrogen) atoms. The SMILES string of the molecule is O=C1NC(=O)n2cncc21. The second-order valence-corrected chi connectivity index (χ2v) is 1.91. The van der Waals surface area contributed by atoms with E-state index in [9.17, 15) is 9.59 Å². The first-order chi connectivity index (χ1) is 4.79. The van der Waals surface area contributed by atoms with Crippen molar-refractivity contribution in [3.63, 3.8) is 0 Å². The van der Waals surface area contributed by atoms with Gasteiger partial charge < -0.3 is 0 Å². The molecule has 0 atom stereocenters. The Kier molecular flexibility index (Phi) is 0.743. The van der Waals surface area contributed by atoms with Gasteiger partial charge in [0.1, 0.15) is 12.0 Å². The van der Waals surface area contributed by atoms with Gasteiger partial charge in [-0.2, -0.15) is 0 Å². The molecular formula is C5H3N3O2. The summed E-state index contributed by atoms with van der Waals surface area (Å²) >= 11 is 0. The summed E-state index contributed by atoms with van der Waals surface area (Å²) < 4.78 is 1.17. The smallest absolute Gasteiger partial charge is 0.272 e. The molecule has 0 saturated carbocycles. The number of carbonyl (C=O) groups excluding carboxylic acids is 2. The minimum Gasteiger partial charge on any atom is -0.272 e. The number of fused-ring (bicyclic) bond motifs is 1. The minimum atomic E-state index is -0.433. The largest absolute Gasteiger partial charge is 0.334 e. The molecule has 0 saturated heterocycles. The lowest BCUT2D eigenvalue weighted by atomic mass is 10.5. The number of amides is 2. The number of rotatable bonds is 0. The van der Waals surface area contributed by atoms with Gasteiger partial charge in [-0.15, -0.1) is 0 Å². The van der Waals surface area contributed by atoms with E-state index in [0.29, 0.717) is 5.69 Å². The summed E-state index contributed by atoms with van der Waals surface area (Å²) in [6, 6.07) is -0.433. The highest BCUT2D eigenvalue weighted by Crippen LogP contribution is 2.04. The van der Waals surface area contributed by atoms with Crippen molar-refractivity contribution in [1.82, 2.24) is 14.9 Å². The average Bonchev–Trinajstić information content (AvgIpc) is 2.39. The molecule has 0 aromatic carbocycles. The monoisotopic (exact) mass is 137 g/mol. The van der Waals surface area contributed by atoms with E-state index in [-0.39, 0.29) is 5.91 Å². The Morgan fingerprint density at radius 1 is 1.50 bits per heavy atom. The van der Waals surface area contributed by atoms with Crippen molar-refractivity contribution >= 4 is 11.9 Å². The standard InChI is InChI=1S/C5H3N3O2/c9-4-3-1-6-2-8(3)5(10)7-4/h1-2H,(H,7,9,10). The second kappa shape index (κ2) is 1.44. The Bertz CT molecular complexity index is 286. The van der Waals surface area contributed by atoms with Crippen LogP contribution in [0.25, 0.3) is 0 Å². The Labute approximate surface area is 55.7 Å². The van der Waals surface area contributed by atoms with Crippen LogP contribution in [0.4, 0.5) is 4.79 Å². The molecule has 0 radical (unpaired) electrons. The van der Waals surface area contributed by atoms with E-state index in [0.717, 1.165) is 0 Å². The van der Waals surface area contributed by atoms with Gasteiger partial charge in [-0.05, 0) is 0 Å². The van der Waals surface area contributed by atoms with E-state index in [4.69, 9.17) is 0 Å². The summed E-state index contributed by atoms with van der Waals surface area (Å²) in [7, 11) is 0. The molecule has 0 aliphatic carbocycles. The Morgan fingerprint density at radius 2 is 2.30 bits per heavy atom. The number of imidazole rings is 1. The van der Waals surface area contributed by atoms with E-state index in [1.54, 1.807) is 0 Å². The number of imide groups is 1. The Morgan fingerprint density at radius 3 is 3.00 bits per heavy atom. The number of hydrogen-bond acceptors (Lipinski definition) is 3. The number of nitrogens with one attached hydrogen (secondary N) is 1. The van der Waals surface area contributed by atoms with Crippen molar-refractivity contribution in [2.45, 2.75) is 0 Å². The van der Waals surface area contributed by atoms with Gasteiger partial charge in [0.25, 0.3) is 5.91 Å². The lowest BCUT2D eigenvalue weighted by Crippen LogP contribution is -2.21. The molecule has 1 aromatic heterocycles. The van der Waals surface area contributed by atoms with Crippen LogP contribution in [0.3, 0.4) is 0 Å². The summed E-state index contributed by atoms with van der Waals surface area (Å²) in [6.07, 6.45) is 2.65. The highest BCUT2D eigenvalue weighted by Gasteiger charge is 2.25. The van der Waals surface area contributed by atoms with Gasteiger partial charge >= 0.3 is 6.03 Å². The fourth-order valence-corrected chi connectivity index (χ4v) is 0.846. The normalized spacial score (nSPS) is 15.2. The predicted octanol–water partition coefficient (Wildman–Crippen LogP) is -0.405. The first-order valence-electron chi connectivity index (χ1n) is 2.67. The molecule has 2 heterocycles. The topological polar surface area (TPSA) is 64.0 Å². The molecule has 5 heteroatoms. The maximum absolute atomic E-state index is 10.7. The Balaban J connectivity index is 2.69. The lowest BCUT2D eigenvalue weighted by molar-refractivity contribution is 0.0976. The van der Waals surface area contributed by atoms with E-state index in [1.165, 1.54) is 17.1 Å². The minimum absolute atomic E-state index is 0.296. The number of nitrogens with zero attached hydrogens (tertiary/aromatic N) is 2. The highest BCUT2D eigenvalue weighted by molar-refractivity contribution is 6.10. The first kappa shape index (κ1) is 5.16. The Hall–Kier alpha value is -1.65. The van der Waals surface area contributed by atoms with Crippen LogP contribution in [0, 0.1) is 0 Å². The zero-order valence-corrected chi connectivity index (χ0v) is 4.87. The van der Waals surface area contributed by atoms with Crippen molar-refractivity contribution in [3.8, 4) is 0 Å². The van der Waals surface area contributed by atoms with Gasteiger partial charge in [-0.3, -0.25) is 10.1 Å². The predicted molar refractivity (Wildman–Crippen MR) is 30.5 cm³/mol. The highest BCUT2D eigenvalue weighted by atomic mass is 16.2. The molecule has 1 N–H and O–H groups in total. The summed E-state index contributed by atoms with van der Waals surface area (Å²) in [6.45, 7) is 0. The summed E-state index contributed by atoms with van der Waals surface area (Å²) in [5, 5.41) is 2.11. The summed E-state index contributed by atoms with van der Waals surface area (Å²) in [5.41, 5.74) is 0.296. The van der Waals surface area contributed by atoms with Crippen molar-refractivity contribution in [3.05, 3.63) is 18.2 Å². The van der Waals surface area contributed by atoms with Crippen molar-refractivity contribution in [1.29, 1.82) is 0 Å². The van der Waals surface area contributed by atoms with E-state index < -0.39 is 6.03 Å². The average molecular weight is 137 g/mol. The molecule has 0 unspecified atom stereocenters. The quantitative estimate of drug-likeness (QED) is 0.528. The number of hydrogen-bond donors (Lipinski definition) is 1. The molecule has 2 rings (SSSR count). The van der Waals surface area contributed by atoms with Crippen LogP contribution in [-0.4, -0.2) is 21.5 Å². The van der Waals surface area contributed by atoms with Crippen molar-refractivity contribution < 1.29 is 9.59 Å². The van der Waals surface area contributed by atoms with Crippen LogP contribution in [-0.2, 0) is 0 Å². The number of aromatic nitrogens is 2. The fraction of sp³-hybridized carbons (Fsp3) is 0. The van der Waals surface area contributed by atoms with Crippen LogP contribution < -0.4 is 5.32 Å². The van der Waals surface area contributed by atoms with Crippen LogP contribution >= 0.6 is 0 Å². The van der Waals surface area contributed by atoms with E-state index in [2.05, 4.69) is 10.3 Å². The van der Waals surface area contributed by atoms with Crippen LogP contribution in [0.2, 0.25) is 0 Å². The summed E-state index contributed by atoms with van der Waals surface area (Å²) in [4.78, 5) is 25.1. The molecule has 1 aromatic rings. The van der Waals surface area contributed by atoms with Gasteiger partial charge in [0, 0.05) is 0 Å².